The molecule has 2 aromatic carbocycles. The van der Waals surface area contributed by atoms with Crippen molar-refractivity contribution in [2.24, 2.45) is 0 Å². The molecule has 0 atom stereocenters. The van der Waals surface area contributed by atoms with Gasteiger partial charge in [0.05, 0.1) is 12.2 Å². The van der Waals surface area contributed by atoms with E-state index in [1.165, 1.54) is 24.3 Å². The molecule has 0 spiro atoms. The number of carboxylic acid groups (broad SMARTS) is 1. The molecule has 0 bridgehead atoms. The van der Waals surface area contributed by atoms with Crippen LogP contribution in [0.4, 0.5) is 23.7 Å². The number of hydrogen-bond acceptors (Lipinski definition) is 4. The molecule has 0 aliphatic heterocycles. The molecule has 0 aliphatic rings. The summed E-state index contributed by atoms with van der Waals surface area (Å²) in [7, 11) is 0. The lowest BCUT2D eigenvalue weighted by molar-refractivity contribution is -0.274. The lowest BCUT2D eigenvalue weighted by Crippen LogP contribution is -2.17. The summed E-state index contributed by atoms with van der Waals surface area (Å²) in [5.74, 6) is -1.43. The van der Waals surface area contributed by atoms with Gasteiger partial charge in [0.1, 0.15) is 5.75 Å². The van der Waals surface area contributed by atoms with Gasteiger partial charge in [-0.25, -0.2) is 9.59 Å². The topological polar surface area (TPSA) is 84.9 Å². The molecule has 0 aliphatic carbocycles. The van der Waals surface area contributed by atoms with Crippen LogP contribution < -0.4 is 10.1 Å². The van der Waals surface area contributed by atoms with E-state index in [4.69, 9.17) is 9.84 Å². The van der Waals surface area contributed by atoms with Crippen molar-refractivity contribution in [2.45, 2.75) is 12.8 Å². The first-order chi connectivity index (χ1) is 12.2. The maximum atomic E-state index is 12.1. The van der Waals surface area contributed by atoms with Gasteiger partial charge < -0.3 is 14.6 Å². The highest BCUT2D eigenvalue weighted by atomic mass is 19.4. The average Bonchev–Trinajstić information content (AvgIpc) is 2.56. The number of benzene rings is 2. The number of aromatic carboxylic acids is 1. The summed E-state index contributed by atoms with van der Waals surface area (Å²) in [5, 5.41) is 11.2. The van der Waals surface area contributed by atoms with Gasteiger partial charge in [-0.3, -0.25) is 5.32 Å². The molecule has 26 heavy (non-hydrogen) atoms. The molecule has 0 saturated carbocycles. The second kappa shape index (κ2) is 8.24. The van der Waals surface area contributed by atoms with Crippen LogP contribution in [-0.4, -0.2) is 30.1 Å². The number of carbonyl (C=O) groups excluding carboxylic acids is 1. The molecule has 0 fully saturated rings. The van der Waals surface area contributed by atoms with E-state index in [2.05, 4.69) is 10.1 Å². The van der Waals surface area contributed by atoms with Gasteiger partial charge in [-0.1, -0.05) is 12.1 Å². The second-order valence-electron chi connectivity index (χ2n) is 5.09. The maximum absolute atomic E-state index is 12.1. The Balaban J connectivity index is 1.77. The summed E-state index contributed by atoms with van der Waals surface area (Å²) in [6, 6.07) is 10.7. The number of nitrogens with one attached hydrogen (secondary N) is 1. The summed E-state index contributed by atoms with van der Waals surface area (Å²) in [5.41, 5.74) is 1.19. The minimum absolute atomic E-state index is 0.0491. The van der Waals surface area contributed by atoms with Gasteiger partial charge in [-0.05, 0) is 42.0 Å². The van der Waals surface area contributed by atoms with E-state index in [-0.39, 0.29) is 17.9 Å². The summed E-state index contributed by atoms with van der Waals surface area (Å²) in [6.07, 6.45) is -5.17. The number of alkyl halides is 3. The molecule has 2 N–H and O–H groups in total. The molecule has 0 radical (unpaired) electrons. The van der Waals surface area contributed by atoms with E-state index in [1.54, 1.807) is 12.1 Å². The number of hydrogen-bond donors (Lipinski definition) is 2. The third-order valence-corrected chi connectivity index (χ3v) is 3.16. The van der Waals surface area contributed by atoms with Crippen LogP contribution in [0.25, 0.3) is 0 Å². The number of rotatable bonds is 6. The first-order valence-electron chi connectivity index (χ1n) is 7.35. The smallest absolute Gasteiger partial charge is 0.478 e. The minimum atomic E-state index is -4.78. The van der Waals surface area contributed by atoms with E-state index in [0.717, 1.165) is 17.7 Å². The van der Waals surface area contributed by atoms with E-state index in [9.17, 15) is 22.8 Å². The van der Waals surface area contributed by atoms with Crippen LogP contribution in [0, 0.1) is 0 Å². The predicted molar refractivity (Wildman–Crippen MR) is 85.2 cm³/mol. The normalized spacial score (nSPS) is 10.9. The van der Waals surface area contributed by atoms with Crippen LogP contribution in [0.3, 0.4) is 0 Å². The molecule has 6 nitrogen and oxygen atoms in total. The maximum Gasteiger partial charge on any atom is 0.573 e. The molecule has 1 amide bonds. The Labute approximate surface area is 146 Å². The number of anilines is 1. The summed E-state index contributed by atoms with van der Waals surface area (Å²) < 4.78 is 44.8. The summed E-state index contributed by atoms with van der Waals surface area (Å²) in [4.78, 5) is 22.4. The Bertz CT molecular complexity index is 757. The van der Waals surface area contributed by atoms with Crippen LogP contribution in [0.2, 0.25) is 0 Å². The van der Waals surface area contributed by atoms with Gasteiger partial charge in [0, 0.05) is 12.1 Å². The number of carbonyl (C=O) groups is 2. The zero-order chi connectivity index (χ0) is 19.2. The highest BCUT2D eigenvalue weighted by Crippen LogP contribution is 2.23. The van der Waals surface area contributed by atoms with Gasteiger partial charge in [0.25, 0.3) is 0 Å². The average molecular weight is 369 g/mol. The van der Waals surface area contributed by atoms with Crippen LogP contribution >= 0.6 is 0 Å². The van der Waals surface area contributed by atoms with Crippen molar-refractivity contribution in [3.63, 3.8) is 0 Å². The highest BCUT2D eigenvalue weighted by Gasteiger charge is 2.30. The van der Waals surface area contributed by atoms with Crippen LogP contribution in [0.1, 0.15) is 15.9 Å². The Morgan fingerprint density at radius 2 is 1.62 bits per heavy atom. The minimum Gasteiger partial charge on any atom is -0.478 e. The molecular formula is C17H14F3NO5. The van der Waals surface area contributed by atoms with Crippen molar-refractivity contribution >= 4 is 17.7 Å². The summed E-state index contributed by atoms with van der Waals surface area (Å²) in [6.45, 7) is 0.0491. The Kier molecular flexibility index (Phi) is 6.05. The predicted octanol–water partition coefficient (Wildman–Crippen LogP) is 4.07. The first kappa shape index (κ1) is 19.1. The van der Waals surface area contributed by atoms with Crippen LogP contribution in [0.5, 0.6) is 5.75 Å². The molecular weight excluding hydrogens is 355 g/mol. The van der Waals surface area contributed by atoms with Gasteiger partial charge in [-0.15, -0.1) is 13.2 Å². The molecule has 138 valence electrons. The van der Waals surface area contributed by atoms with E-state index in [1.807, 2.05) is 0 Å². The Morgan fingerprint density at radius 3 is 2.15 bits per heavy atom. The first-order valence-corrected chi connectivity index (χ1v) is 7.35. The van der Waals surface area contributed by atoms with Gasteiger partial charge in [0.2, 0.25) is 0 Å². The van der Waals surface area contributed by atoms with Crippen molar-refractivity contribution in [3.05, 3.63) is 59.7 Å². The van der Waals surface area contributed by atoms with E-state index >= 15 is 0 Å². The fourth-order valence-corrected chi connectivity index (χ4v) is 1.97. The lowest BCUT2D eigenvalue weighted by atomic mass is 10.1. The number of halogens is 3. The largest absolute Gasteiger partial charge is 0.573 e. The van der Waals surface area contributed by atoms with Gasteiger partial charge in [-0.2, -0.15) is 0 Å². The van der Waals surface area contributed by atoms with E-state index in [0.29, 0.717) is 6.42 Å². The quantitative estimate of drug-likeness (QED) is 0.802. The van der Waals surface area contributed by atoms with Crippen molar-refractivity contribution < 1.29 is 37.3 Å². The van der Waals surface area contributed by atoms with Crippen molar-refractivity contribution in [3.8, 4) is 5.75 Å². The highest BCUT2D eigenvalue weighted by molar-refractivity contribution is 5.87. The third-order valence-electron chi connectivity index (χ3n) is 3.16. The zero-order valence-electron chi connectivity index (χ0n) is 13.2. The van der Waals surface area contributed by atoms with Gasteiger partial charge >= 0.3 is 18.4 Å². The van der Waals surface area contributed by atoms with Crippen molar-refractivity contribution in [2.75, 3.05) is 11.9 Å². The fourth-order valence-electron chi connectivity index (χ4n) is 1.97. The monoisotopic (exact) mass is 369 g/mol. The fraction of sp³-hybridized carbons (Fsp3) is 0.176. The van der Waals surface area contributed by atoms with Gasteiger partial charge in [0.15, 0.2) is 0 Å². The van der Waals surface area contributed by atoms with Crippen LogP contribution in [-0.2, 0) is 11.2 Å². The SMILES string of the molecule is O=C(Nc1ccc(OC(F)(F)F)cc1)OCCc1ccc(C(=O)O)cc1. The molecule has 0 heterocycles. The molecule has 9 heteroatoms. The Morgan fingerprint density at radius 1 is 1.00 bits per heavy atom. The molecule has 2 rings (SSSR count). The van der Waals surface area contributed by atoms with E-state index < -0.39 is 24.2 Å². The van der Waals surface area contributed by atoms with Crippen LogP contribution in [0.15, 0.2) is 48.5 Å². The number of ether oxygens (including phenoxy) is 2. The number of carboxylic acids is 1. The Hall–Kier alpha value is -3.23. The third kappa shape index (κ3) is 6.34. The molecule has 0 saturated heterocycles. The zero-order valence-corrected chi connectivity index (χ0v) is 13.2. The second-order valence-corrected chi connectivity index (χ2v) is 5.09. The van der Waals surface area contributed by atoms with Crippen molar-refractivity contribution in [1.82, 2.24) is 0 Å². The summed E-state index contributed by atoms with van der Waals surface area (Å²) >= 11 is 0. The molecule has 0 unspecified atom stereocenters. The van der Waals surface area contributed by atoms with Crippen molar-refractivity contribution in [1.29, 1.82) is 0 Å². The molecule has 0 aromatic heterocycles. The number of amides is 1. The molecule has 2 aromatic rings. The lowest BCUT2D eigenvalue weighted by Gasteiger charge is -2.10. The standard InChI is InChI=1S/C17H14F3NO5/c18-17(19,20)26-14-7-5-13(6-8-14)21-16(24)25-10-9-11-1-3-12(4-2-11)15(22)23/h1-8H,9-10H2,(H,21,24)(H,22,23).